The van der Waals surface area contributed by atoms with Crippen LogP contribution in [0.2, 0.25) is 0 Å². The van der Waals surface area contributed by atoms with Gasteiger partial charge in [0.1, 0.15) is 11.5 Å². The lowest BCUT2D eigenvalue weighted by molar-refractivity contribution is -0.140. The summed E-state index contributed by atoms with van der Waals surface area (Å²) in [4.78, 5) is 23.2. The molecule has 0 fully saturated rings. The summed E-state index contributed by atoms with van der Waals surface area (Å²) < 4.78 is 10.1. The van der Waals surface area contributed by atoms with Crippen LogP contribution in [-0.4, -0.2) is 26.0 Å². The molecule has 0 heterocycles. The molecule has 1 aromatic carbocycles. The molecule has 0 aliphatic heterocycles. The number of aryl methyl sites for hydroxylation is 1. The minimum absolute atomic E-state index is 0.107. The number of rotatable bonds is 5. The van der Waals surface area contributed by atoms with Crippen molar-refractivity contribution in [3.05, 3.63) is 28.8 Å². The van der Waals surface area contributed by atoms with Crippen molar-refractivity contribution >= 4 is 11.8 Å². The highest BCUT2D eigenvalue weighted by atomic mass is 16.5. The van der Waals surface area contributed by atoms with Crippen LogP contribution < -0.4 is 4.74 Å². The highest BCUT2D eigenvalue weighted by Gasteiger charge is 2.28. The van der Waals surface area contributed by atoms with E-state index in [1.807, 2.05) is 13.0 Å². The van der Waals surface area contributed by atoms with E-state index in [9.17, 15) is 9.59 Å². The van der Waals surface area contributed by atoms with Crippen LogP contribution in [0, 0.1) is 0 Å². The highest BCUT2D eigenvalue weighted by Crippen LogP contribution is 2.38. The first-order valence-corrected chi connectivity index (χ1v) is 7.36. The van der Waals surface area contributed by atoms with E-state index < -0.39 is 0 Å². The number of methoxy groups -OCH3 is 2. The van der Waals surface area contributed by atoms with Crippen LogP contribution in [0.3, 0.4) is 0 Å². The van der Waals surface area contributed by atoms with Crippen LogP contribution in [0.25, 0.3) is 0 Å². The Hall–Kier alpha value is -1.84. The number of carbonyl (C=O) groups is 2. The summed E-state index contributed by atoms with van der Waals surface area (Å²) in [5.41, 5.74) is 3.48. The number of Topliss-reactive ketones (excluding diaryl/α,β-unsaturated/α-hetero) is 1. The van der Waals surface area contributed by atoms with E-state index in [0.29, 0.717) is 12.8 Å². The van der Waals surface area contributed by atoms with Crippen molar-refractivity contribution in [2.24, 2.45) is 0 Å². The molecule has 0 saturated heterocycles. The molecule has 1 aromatic rings. The Balaban J connectivity index is 2.24. The van der Waals surface area contributed by atoms with Crippen molar-refractivity contribution in [2.45, 2.75) is 44.9 Å². The van der Waals surface area contributed by atoms with Crippen molar-refractivity contribution in [2.75, 3.05) is 14.2 Å². The monoisotopic (exact) mass is 290 g/mol. The van der Waals surface area contributed by atoms with E-state index in [1.54, 1.807) is 7.11 Å². The Morgan fingerprint density at radius 3 is 2.71 bits per heavy atom. The zero-order valence-corrected chi connectivity index (χ0v) is 12.9. The number of hydrogen-bond donors (Lipinski definition) is 0. The van der Waals surface area contributed by atoms with Gasteiger partial charge < -0.3 is 9.47 Å². The molecule has 2 rings (SSSR count). The number of carbonyl (C=O) groups excluding carboxylic acids is 2. The Morgan fingerprint density at radius 1 is 1.29 bits per heavy atom. The van der Waals surface area contributed by atoms with Crippen LogP contribution in [0.15, 0.2) is 12.1 Å². The van der Waals surface area contributed by atoms with Crippen molar-refractivity contribution in [1.82, 2.24) is 0 Å². The van der Waals surface area contributed by atoms with Crippen LogP contribution in [0.1, 0.15) is 48.8 Å². The number of fused-ring (bicyclic) bond motifs is 1. The standard InChI is InChI=1S/C17H22O4/c1-11-14(18)9-8-13-12(5-4-6-16(19)21-3)7-10-15(20-2)17(11)13/h7,10-11H,4-6,8-9H2,1-3H3. The fourth-order valence-corrected chi connectivity index (χ4v) is 3.02. The Bertz CT molecular complexity index is 548. The maximum atomic E-state index is 12.0. The van der Waals surface area contributed by atoms with Gasteiger partial charge in [-0.2, -0.15) is 0 Å². The number of ketones is 1. The molecule has 1 aliphatic rings. The first kappa shape index (κ1) is 15.5. The summed E-state index contributed by atoms with van der Waals surface area (Å²) in [5, 5.41) is 0. The Labute approximate surface area is 125 Å². The smallest absolute Gasteiger partial charge is 0.305 e. The van der Waals surface area contributed by atoms with E-state index in [2.05, 4.69) is 10.8 Å². The van der Waals surface area contributed by atoms with E-state index in [-0.39, 0.29) is 17.7 Å². The second kappa shape index (κ2) is 6.74. The summed E-state index contributed by atoms with van der Waals surface area (Å²) >= 11 is 0. The molecule has 0 bridgehead atoms. The normalized spacial score (nSPS) is 17.3. The maximum absolute atomic E-state index is 12.0. The zero-order chi connectivity index (χ0) is 15.4. The second-order valence-corrected chi connectivity index (χ2v) is 5.44. The molecular formula is C17H22O4. The van der Waals surface area contributed by atoms with Gasteiger partial charge in [0.05, 0.1) is 14.2 Å². The quantitative estimate of drug-likeness (QED) is 0.782. The van der Waals surface area contributed by atoms with E-state index in [0.717, 1.165) is 30.6 Å². The average molecular weight is 290 g/mol. The van der Waals surface area contributed by atoms with Gasteiger partial charge in [-0.15, -0.1) is 0 Å². The number of ether oxygens (including phenoxy) is 2. The summed E-state index contributed by atoms with van der Waals surface area (Å²) in [6.45, 7) is 1.95. The number of benzene rings is 1. The van der Waals surface area contributed by atoms with Gasteiger partial charge in [-0.1, -0.05) is 13.0 Å². The molecule has 0 aromatic heterocycles. The van der Waals surface area contributed by atoms with Gasteiger partial charge in [0.2, 0.25) is 0 Å². The van der Waals surface area contributed by atoms with Crippen molar-refractivity contribution in [1.29, 1.82) is 0 Å². The molecule has 4 nitrogen and oxygen atoms in total. The van der Waals surface area contributed by atoms with E-state index in [1.165, 1.54) is 18.2 Å². The second-order valence-electron chi connectivity index (χ2n) is 5.44. The molecule has 21 heavy (non-hydrogen) atoms. The minimum Gasteiger partial charge on any atom is -0.496 e. The SMILES string of the molecule is COC(=O)CCCc1ccc(OC)c2c1CCC(=O)C2C. The molecule has 0 amide bonds. The van der Waals surface area contributed by atoms with Gasteiger partial charge in [-0.05, 0) is 36.5 Å². The Kier molecular flexibility index (Phi) is 4.99. The molecule has 4 heteroatoms. The molecule has 0 saturated carbocycles. The van der Waals surface area contributed by atoms with Gasteiger partial charge >= 0.3 is 5.97 Å². The zero-order valence-electron chi connectivity index (χ0n) is 12.9. The number of esters is 1. The first-order chi connectivity index (χ1) is 10.1. The molecular weight excluding hydrogens is 268 g/mol. The van der Waals surface area contributed by atoms with E-state index in [4.69, 9.17) is 4.74 Å². The third-order valence-electron chi connectivity index (χ3n) is 4.23. The molecule has 0 radical (unpaired) electrons. The van der Waals surface area contributed by atoms with Gasteiger partial charge in [0.25, 0.3) is 0 Å². The van der Waals surface area contributed by atoms with Gasteiger partial charge in [-0.25, -0.2) is 0 Å². The fraction of sp³-hybridized carbons (Fsp3) is 0.529. The lowest BCUT2D eigenvalue weighted by atomic mass is 9.79. The highest BCUT2D eigenvalue weighted by molar-refractivity contribution is 5.88. The van der Waals surface area contributed by atoms with Crippen LogP contribution in [0.4, 0.5) is 0 Å². The van der Waals surface area contributed by atoms with Crippen LogP contribution >= 0.6 is 0 Å². The molecule has 1 unspecified atom stereocenters. The van der Waals surface area contributed by atoms with Crippen molar-refractivity contribution < 1.29 is 19.1 Å². The average Bonchev–Trinajstić information content (AvgIpc) is 2.50. The predicted octanol–water partition coefficient (Wildman–Crippen LogP) is 2.81. The van der Waals surface area contributed by atoms with Crippen LogP contribution in [-0.2, 0) is 27.2 Å². The third kappa shape index (κ3) is 3.26. The van der Waals surface area contributed by atoms with Crippen LogP contribution in [0.5, 0.6) is 5.75 Å². The maximum Gasteiger partial charge on any atom is 0.305 e. The Morgan fingerprint density at radius 2 is 2.05 bits per heavy atom. The van der Waals surface area contributed by atoms with Crippen molar-refractivity contribution in [3.63, 3.8) is 0 Å². The molecule has 1 aliphatic carbocycles. The minimum atomic E-state index is -0.180. The lowest BCUT2D eigenvalue weighted by Crippen LogP contribution is -2.20. The summed E-state index contributed by atoms with van der Waals surface area (Å²) in [5.74, 6) is 0.778. The first-order valence-electron chi connectivity index (χ1n) is 7.36. The summed E-state index contributed by atoms with van der Waals surface area (Å²) in [6.07, 6.45) is 3.36. The third-order valence-corrected chi connectivity index (χ3v) is 4.23. The topological polar surface area (TPSA) is 52.6 Å². The fourth-order valence-electron chi connectivity index (χ4n) is 3.02. The van der Waals surface area contributed by atoms with Gasteiger partial charge in [-0.3, -0.25) is 9.59 Å². The summed E-state index contributed by atoms with van der Waals surface area (Å²) in [7, 11) is 3.04. The summed E-state index contributed by atoms with van der Waals surface area (Å²) in [6, 6.07) is 3.98. The van der Waals surface area contributed by atoms with Crippen molar-refractivity contribution in [3.8, 4) is 5.75 Å². The van der Waals surface area contributed by atoms with E-state index >= 15 is 0 Å². The molecule has 0 spiro atoms. The van der Waals surface area contributed by atoms with Gasteiger partial charge in [0, 0.05) is 24.3 Å². The molecule has 114 valence electrons. The molecule has 1 atom stereocenters. The largest absolute Gasteiger partial charge is 0.496 e. The lowest BCUT2D eigenvalue weighted by Gasteiger charge is -2.26. The number of hydrogen-bond acceptors (Lipinski definition) is 4. The van der Waals surface area contributed by atoms with Gasteiger partial charge in [0.15, 0.2) is 0 Å². The molecule has 0 N–H and O–H groups in total. The predicted molar refractivity (Wildman–Crippen MR) is 79.7 cm³/mol.